The van der Waals surface area contributed by atoms with Crippen molar-refractivity contribution >= 4 is 15.7 Å². The molecular weight excluding hydrogens is 267 g/mol. The molecule has 2 aromatic carbocycles. The van der Waals surface area contributed by atoms with Gasteiger partial charge in [-0.05, 0) is 35.9 Å². The van der Waals surface area contributed by atoms with Crippen molar-refractivity contribution in [2.24, 2.45) is 5.73 Å². The molecule has 100 valence electrons. The Labute approximate surface area is 111 Å². The maximum atomic E-state index is 12.8. The second-order valence-corrected chi connectivity index (χ2v) is 5.58. The second-order valence-electron chi connectivity index (χ2n) is 3.92. The summed E-state index contributed by atoms with van der Waals surface area (Å²) in [5.74, 6) is -0.426. The van der Waals surface area contributed by atoms with Crippen LogP contribution in [0.2, 0.25) is 0 Å². The van der Waals surface area contributed by atoms with E-state index in [-0.39, 0.29) is 11.4 Å². The Kier molecular flexibility index (Phi) is 3.82. The summed E-state index contributed by atoms with van der Waals surface area (Å²) >= 11 is 0. The predicted molar refractivity (Wildman–Crippen MR) is 71.5 cm³/mol. The van der Waals surface area contributed by atoms with Gasteiger partial charge >= 0.3 is 0 Å². The fourth-order valence-electron chi connectivity index (χ4n) is 1.66. The number of hydrogen-bond acceptors (Lipinski definition) is 3. The second kappa shape index (κ2) is 5.38. The van der Waals surface area contributed by atoms with E-state index in [1.165, 1.54) is 30.3 Å². The maximum Gasteiger partial charge on any atom is 0.262 e. The molecule has 0 fully saturated rings. The minimum Gasteiger partial charge on any atom is -0.326 e. The highest BCUT2D eigenvalue weighted by molar-refractivity contribution is 7.92. The Morgan fingerprint density at radius 1 is 1.05 bits per heavy atom. The van der Waals surface area contributed by atoms with E-state index < -0.39 is 15.8 Å². The van der Waals surface area contributed by atoms with Crippen LogP contribution in [-0.2, 0) is 16.6 Å². The molecule has 0 unspecified atom stereocenters. The summed E-state index contributed by atoms with van der Waals surface area (Å²) in [6.07, 6.45) is 0. The van der Waals surface area contributed by atoms with Crippen LogP contribution < -0.4 is 10.5 Å². The van der Waals surface area contributed by atoms with Gasteiger partial charge < -0.3 is 5.73 Å². The van der Waals surface area contributed by atoms with Gasteiger partial charge in [-0.1, -0.05) is 18.2 Å². The lowest BCUT2D eigenvalue weighted by Crippen LogP contribution is -2.16. The average Bonchev–Trinajstić information content (AvgIpc) is 2.41. The lowest BCUT2D eigenvalue weighted by molar-refractivity contribution is 0.600. The highest BCUT2D eigenvalue weighted by atomic mass is 32.2. The largest absolute Gasteiger partial charge is 0.326 e. The molecule has 6 heteroatoms. The van der Waals surface area contributed by atoms with Crippen molar-refractivity contribution in [3.8, 4) is 0 Å². The van der Waals surface area contributed by atoms with Crippen molar-refractivity contribution in [2.75, 3.05) is 4.72 Å². The summed E-state index contributed by atoms with van der Waals surface area (Å²) in [5, 5.41) is 0. The molecule has 2 aromatic rings. The highest BCUT2D eigenvalue weighted by Crippen LogP contribution is 2.19. The number of nitrogens with two attached hydrogens (primary N) is 1. The van der Waals surface area contributed by atoms with Crippen molar-refractivity contribution in [1.29, 1.82) is 0 Å². The van der Waals surface area contributed by atoms with E-state index in [1.54, 1.807) is 18.2 Å². The number of rotatable bonds is 4. The molecule has 0 saturated carbocycles. The van der Waals surface area contributed by atoms with E-state index in [0.717, 1.165) is 0 Å². The van der Waals surface area contributed by atoms with Crippen LogP contribution in [0.4, 0.5) is 10.1 Å². The van der Waals surface area contributed by atoms with Gasteiger partial charge in [0.05, 0.1) is 4.90 Å². The Balaban J connectivity index is 2.35. The zero-order valence-corrected chi connectivity index (χ0v) is 10.8. The molecule has 0 radical (unpaired) electrons. The lowest BCUT2D eigenvalue weighted by atomic mass is 10.2. The van der Waals surface area contributed by atoms with E-state index >= 15 is 0 Å². The van der Waals surface area contributed by atoms with Gasteiger partial charge in [-0.3, -0.25) is 4.72 Å². The summed E-state index contributed by atoms with van der Waals surface area (Å²) in [5.41, 5.74) is 6.34. The quantitative estimate of drug-likeness (QED) is 0.900. The summed E-state index contributed by atoms with van der Waals surface area (Å²) in [6, 6.07) is 11.6. The van der Waals surface area contributed by atoms with Crippen molar-refractivity contribution in [1.82, 2.24) is 0 Å². The first kappa shape index (κ1) is 13.5. The van der Waals surface area contributed by atoms with Gasteiger partial charge in [0.2, 0.25) is 0 Å². The minimum absolute atomic E-state index is 0.125. The molecule has 19 heavy (non-hydrogen) atoms. The van der Waals surface area contributed by atoms with Crippen molar-refractivity contribution in [3.63, 3.8) is 0 Å². The minimum atomic E-state index is -3.72. The number of sulfonamides is 1. The van der Waals surface area contributed by atoms with E-state index in [1.807, 2.05) is 0 Å². The van der Waals surface area contributed by atoms with Crippen molar-refractivity contribution in [2.45, 2.75) is 11.4 Å². The number of halogens is 1. The molecule has 0 amide bonds. The highest BCUT2D eigenvalue weighted by Gasteiger charge is 2.17. The SMILES string of the molecule is NCc1ccccc1S(=O)(=O)Nc1ccc(F)cc1. The predicted octanol–water partition coefficient (Wildman–Crippen LogP) is 2.09. The van der Waals surface area contributed by atoms with Gasteiger partial charge in [-0.2, -0.15) is 0 Å². The van der Waals surface area contributed by atoms with E-state index in [9.17, 15) is 12.8 Å². The number of anilines is 1. The van der Waals surface area contributed by atoms with Crippen LogP contribution >= 0.6 is 0 Å². The molecule has 2 rings (SSSR count). The third kappa shape index (κ3) is 3.10. The van der Waals surface area contributed by atoms with Gasteiger partial charge in [-0.15, -0.1) is 0 Å². The zero-order valence-electron chi connectivity index (χ0n) is 10.0. The third-order valence-electron chi connectivity index (χ3n) is 2.58. The molecule has 0 heterocycles. The average molecular weight is 280 g/mol. The van der Waals surface area contributed by atoms with Crippen molar-refractivity contribution < 1.29 is 12.8 Å². The monoisotopic (exact) mass is 280 g/mol. The molecule has 0 aliphatic carbocycles. The first-order valence-electron chi connectivity index (χ1n) is 5.59. The molecule has 0 aromatic heterocycles. The lowest BCUT2D eigenvalue weighted by Gasteiger charge is -2.11. The number of benzene rings is 2. The molecule has 0 spiro atoms. The molecule has 0 saturated heterocycles. The van der Waals surface area contributed by atoms with E-state index in [2.05, 4.69) is 4.72 Å². The molecule has 0 bridgehead atoms. The van der Waals surface area contributed by atoms with Crippen LogP contribution in [0.1, 0.15) is 5.56 Å². The van der Waals surface area contributed by atoms with E-state index in [4.69, 9.17) is 5.73 Å². The van der Waals surface area contributed by atoms with Crippen LogP contribution in [0.3, 0.4) is 0 Å². The van der Waals surface area contributed by atoms with Crippen LogP contribution in [0.5, 0.6) is 0 Å². The molecule has 3 N–H and O–H groups in total. The molecule has 0 atom stereocenters. The Hall–Kier alpha value is -1.92. The Morgan fingerprint density at radius 3 is 2.32 bits per heavy atom. The van der Waals surface area contributed by atoms with Gasteiger partial charge in [0.15, 0.2) is 0 Å². The van der Waals surface area contributed by atoms with Gasteiger partial charge in [0.1, 0.15) is 5.82 Å². The molecule has 4 nitrogen and oxygen atoms in total. The third-order valence-corrected chi connectivity index (χ3v) is 4.06. The topological polar surface area (TPSA) is 72.2 Å². The fourth-order valence-corrected chi connectivity index (χ4v) is 2.97. The van der Waals surface area contributed by atoms with Gasteiger partial charge in [-0.25, -0.2) is 12.8 Å². The Bertz CT molecular complexity index is 669. The molecule has 0 aliphatic heterocycles. The molecular formula is C13H13FN2O2S. The standard InChI is InChI=1S/C13H13FN2O2S/c14-11-5-7-12(8-6-11)16-19(17,18)13-4-2-1-3-10(13)9-15/h1-8,16H,9,15H2. The summed E-state index contributed by atoms with van der Waals surface area (Å²) in [6.45, 7) is 0.125. The van der Waals surface area contributed by atoms with Crippen LogP contribution in [0.25, 0.3) is 0 Å². The summed E-state index contributed by atoms with van der Waals surface area (Å²) in [4.78, 5) is 0.127. The number of nitrogens with one attached hydrogen (secondary N) is 1. The van der Waals surface area contributed by atoms with Gasteiger partial charge in [0, 0.05) is 12.2 Å². The molecule has 0 aliphatic rings. The first-order chi connectivity index (χ1) is 9.03. The van der Waals surface area contributed by atoms with Crippen molar-refractivity contribution in [3.05, 3.63) is 59.9 Å². The normalized spacial score (nSPS) is 11.3. The Morgan fingerprint density at radius 2 is 1.68 bits per heavy atom. The van der Waals surface area contributed by atoms with Crippen LogP contribution in [0, 0.1) is 5.82 Å². The van der Waals surface area contributed by atoms with E-state index in [0.29, 0.717) is 11.3 Å². The van der Waals surface area contributed by atoms with Crippen LogP contribution in [0.15, 0.2) is 53.4 Å². The maximum absolute atomic E-state index is 12.8. The fraction of sp³-hybridized carbons (Fsp3) is 0.0769. The summed E-state index contributed by atoms with van der Waals surface area (Å²) in [7, 11) is -3.72. The smallest absolute Gasteiger partial charge is 0.262 e. The zero-order chi connectivity index (χ0) is 13.9. The van der Waals surface area contributed by atoms with Gasteiger partial charge in [0.25, 0.3) is 10.0 Å². The number of hydrogen-bond donors (Lipinski definition) is 2. The van der Waals surface area contributed by atoms with Crippen LogP contribution in [-0.4, -0.2) is 8.42 Å². The first-order valence-corrected chi connectivity index (χ1v) is 7.07. The summed E-state index contributed by atoms with van der Waals surface area (Å²) < 4.78 is 39.6.